The Hall–Kier alpha value is -2.56. The second-order valence-corrected chi connectivity index (χ2v) is 6.88. The molecule has 1 N–H and O–H groups in total. The minimum Gasteiger partial charge on any atom is -0.382 e. The summed E-state index contributed by atoms with van der Waals surface area (Å²) in [5.74, 6) is 0.0591. The van der Waals surface area contributed by atoms with Gasteiger partial charge in [0, 0.05) is 50.3 Å². The average Bonchev–Trinajstić information content (AvgIpc) is 2.61. The molecule has 0 atom stereocenters. The van der Waals surface area contributed by atoms with E-state index < -0.39 is 0 Å². The van der Waals surface area contributed by atoms with E-state index in [4.69, 9.17) is 0 Å². The van der Waals surface area contributed by atoms with Crippen LogP contribution in [0.3, 0.4) is 0 Å². The highest BCUT2D eigenvalue weighted by Crippen LogP contribution is 2.19. The van der Waals surface area contributed by atoms with Crippen LogP contribution in [0.1, 0.15) is 29.8 Å². The highest BCUT2D eigenvalue weighted by Gasteiger charge is 2.22. The van der Waals surface area contributed by atoms with E-state index in [-0.39, 0.29) is 5.91 Å². The second kappa shape index (κ2) is 7.55. The van der Waals surface area contributed by atoms with Crippen molar-refractivity contribution in [2.45, 2.75) is 26.8 Å². The van der Waals surface area contributed by atoms with Crippen LogP contribution in [0, 0.1) is 6.92 Å². The predicted molar refractivity (Wildman–Crippen MR) is 102 cm³/mol. The molecule has 0 radical (unpaired) electrons. The molecule has 0 spiro atoms. The van der Waals surface area contributed by atoms with Gasteiger partial charge in [-0.2, -0.15) is 0 Å². The van der Waals surface area contributed by atoms with Gasteiger partial charge in [-0.1, -0.05) is 12.1 Å². The number of benzene rings is 1. The van der Waals surface area contributed by atoms with Gasteiger partial charge in [0.25, 0.3) is 5.91 Å². The van der Waals surface area contributed by atoms with Crippen LogP contribution in [0.5, 0.6) is 0 Å². The summed E-state index contributed by atoms with van der Waals surface area (Å²) in [5.41, 5.74) is 4.03. The van der Waals surface area contributed by atoms with Crippen molar-refractivity contribution in [3.63, 3.8) is 0 Å². The quantitative estimate of drug-likeness (QED) is 0.930. The molecule has 3 rings (SSSR count). The molecule has 0 unspecified atom stereocenters. The van der Waals surface area contributed by atoms with Crippen LogP contribution in [0.15, 0.2) is 42.7 Å². The number of piperazine rings is 1. The Morgan fingerprint density at radius 1 is 1.12 bits per heavy atom. The number of pyridine rings is 1. The number of rotatable bonds is 4. The minimum atomic E-state index is 0.0591. The number of aryl methyl sites for hydroxylation is 1. The topological polar surface area (TPSA) is 48.5 Å². The summed E-state index contributed by atoms with van der Waals surface area (Å²) in [6.07, 6.45) is 3.41. The molecular formula is C20H26N4O. The summed E-state index contributed by atoms with van der Waals surface area (Å²) in [5, 5.41) is 3.30. The number of nitrogens with one attached hydrogen (secondary N) is 1. The lowest BCUT2D eigenvalue weighted by molar-refractivity contribution is 0.0746. The Labute approximate surface area is 149 Å². The fourth-order valence-electron chi connectivity index (χ4n) is 3.14. The molecule has 1 aliphatic heterocycles. The zero-order valence-electron chi connectivity index (χ0n) is 15.2. The highest BCUT2D eigenvalue weighted by atomic mass is 16.2. The summed E-state index contributed by atoms with van der Waals surface area (Å²) in [6, 6.07) is 10.7. The number of nitrogens with zero attached hydrogens (tertiary/aromatic N) is 3. The Balaban J connectivity index is 1.63. The molecule has 0 bridgehead atoms. The Kier molecular flexibility index (Phi) is 5.22. The van der Waals surface area contributed by atoms with Crippen molar-refractivity contribution in [2.24, 2.45) is 0 Å². The Morgan fingerprint density at radius 2 is 1.88 bits per heavy atom. The van der Waals surface area contributed by atoms with E-state index in [0.29, 0.717) is 11.6 Å². The lowest BCUT2D eigenvalue weighted by Gasteiger charge is -2.36. The van der Waals surface area contributed by atoms with Gasteiger partial charge in [0.15, 0.2) is 0 Å². The molecule has 25 heavy (non-hydrogen) atoms. The van der Waals surface area contributed by atoms with Crippen molar-refractivity contribution in [1.29, 1.82) is 0 Å². The van der Waals surface area contributed by atoms with Gasteiger partial charge < -0.3 is 15.1 Å². The zero-order valence-corrected chi connectivity index (χ0v) is 15.2. The molecule has 1 aliphatic rings. The molecule has 1 fully saturated rings. The molecule has 1 amide bonds. The van der Waals surface area contributed by atoms with Crippen LogP contribution in [0.4, 0.5) is 11.4 Å². The van der Waals surface area contributed by atoms with Gasteiger partial charge in [-0.25, -0.2) is 0 Å². The number of carbonyl (C=O) groups excluding carboxylic acids is 1. The summed E-state index contributed by atoms with van der Waals surface area (Å²) in [4.78, 5) is 21.2. The van der Waals surface area contributed by atoms with Crippen molar-refractivity contribution in [3.05, 3.63) is 53.9 Å². The van der Waals surface area contributed by atoms with E-state index in [1.807, 2.05) is 11.0 Å². The standard InChI is InChI=1S/C20H26N4O/c1-15(2)22-18-12-17(13-21-14-18)20(25)24-9-7-23(8-10-24)19-6-4-5-16(3)11-19/h4-6,11-15,22H,7-10H2,1-3H3. The number of anilines is 2. The number of hydrogen-bond donors (Lipinski definition) is 1. The molecule has 5 nitrogen and oxygen atoms in total. The minimum absolute atomic E-state index is 0.0591. The summed E-state index contributed by atoms with van der Waals surface area (Å²) >= 11 is 0. The molecule has 0 aliphatic carbocycles. The third-order valence-electron chi connectivity index (χ3n) is 4.37. The maximum Gasteiger partial charge on any atom is 0.255 e. The van der Waals surface area contributed by atoms with Crippen LogP contribution in [0.25, 0.3) is 0 Å². The van der Waals surface area contributed by atoms with Crippen LogP contribution in [-0.4, -0.2) is 48.0 Å². The van der Waals surface area contributed by atoms with Crippen LogP contribution >= 0.6 is 0 Å². The first kappa shape index (κ1) is 17.3. The third-order valence-corrected chi connectivity index (χ3v) is 4.37. The van der Waals surface area contributed by atoms with Crippen molar-refractivity contribution in [2.75, 3.05) is 36.4 Å². The fourth-order valence-corrected chi connectivity index (χ4v) is 3.14. The van der Waals surface area contributed by atoms with E-state index in [2.05, 4.69) is 60.2 Å². The van der Waals surface area contributed by atoms with Crippen molar-refractivity contribution in [1.82, 2.24) is 9.88 Å². The fraction of sp³-hybridized carbons (Fsp3) is 0.400. The lowest BCUT2D eigenvalue weighted by atomic mass is 10.1. The van der Waals surface area contributed by atoms with E-state index in [1.54, 1.807) is 12.4 Å². The summed E-state index contributed by atoms with van der Waals surface area (Å²) in [7, 11) is 0. The maximum absolute atomic E-state index is 12.8. The molecule has 2 aromatic rings. The predicted octanol–water partition coefficient (Wildman–Crippen LogP) is 3.17. The van der Waals surface area contributed by atoms with Gasteiger partial charge in [-0.05, 0) is 44.5 Å². The van der Waals surface area contributed by atoms with Crippen molar-refractivity contribution < 1.29 is 4.79 Å². The summed E-state index contributed by atoms with van der Waals surface area (Å²) in [6.45, 7) is 9.41. The van der Waals surface area contributed by atoms with Gasteiger partial charge in [-0.15, -0.1) is 0 Å². The summed E-state index contributed by atoms with van der Waals surface area (Å²) < 4.78 is 0. The zero-order chi connectivity index (χ0) is 17.8. The van der Waals surface area contributed by atoms with E-state index >= 15 is 0 Å². The molecular weight excluding hydrogens is 312 g/mol. The van der Waals surface area contributed by atoms with Gasteiger partial charge in [0.1, 0.15) is 0 Å². The molecule has 1 aromatic heterocycles. The van der Waals surface area contributed by atoms with Gasteiger partial charge >= 0.3 is 0 Å². The van der Waals surface area contributed by atoms with Gasteiger partial charge in [0.05, 0.1) is 11.3 Å². The Bertz CT molecular complexity index is 736. The first-order valence-corrected chi connectivity index (χ1v) is 8.85. The smallest absolute Gasteiger partial charge is 0.255 e. The van der Waals surface area contributed by atoms with Gasteiger partial charge in [0.2, 0.25) is 0 Å². The third kappa shape index (κ3) is 4.29. The molecule has 5 heteroatoms. The number of hydrogen-bond acceptors (Lipinski definition) is 4. The normalized spacial score (nSPS) is 14.7. The monoisotopic (exact) mass is 338 g/mol. The number of aromatic nitrogens is 1. The van der Waals surface area contributed by atoms with Crippen LogP contribution in [0.2, 0.25) is 0 Å². The first-order chi connectivity index (χ1) is 12.0. The van der Waals surface area contributed by atoms with Crippen LogP contribution < -0.4 is 10.2 Å². The molecule has 1 saturated heterocycles. The molecule has 1 aromatic carbocycles. The van der Waals surface area contributed by atoms with E-state index in [9.17, 15) is 4.79 Å². The molecule has 132 valence electrons. The number of amides is 1. The Morgan fingerprint density at radius 3 is 2.56 bits per heavy atom. The number of carbonyl (C=O) groups is 1. The average molecular weight is 338 g/mol. The largest absolute Gasteiger partial charge is 0.382 e. The first-order valence-electron chi connectivity index (χ1n) is 8.85. The van der Waals surface area contributed by atoms with Crippen molar-refractivity contribution >= 4 is 17.3 Å². The van der Waals surface area contributed by atoms with Crippen LogP contribution in [-0.2, 0) is 0 Å². The molecule has 0 saturated carbocycles. The van der Waals surface area contributed by atoms with Gasteiger partial charge in [-0.3, -0.25) is 9.78 Å². The van der Waals surface area contributed by atoms with E-state index in [0.717, 1.165) is 31.9 Å². The second-order valence-electron chi connectivity index (χ2n) is 6.88. The molecule has 2 heterocycles. The lowest BCUT2D eigenvalue weighted by Crippen LogP contribution is -2.48. The SMILES string of the molecule is Cc1cccc(N2CCN(C(=O)c3cncc(NC(C)C)c3)CC2)c1. The maximum atomic E-state index is 12.8. The van der Waals surface area contributed by atoms with E-state index in [1.165, 1.54) is 11.3 Å². The highest BCUT2D eigenvalue weighted by molar-refractivity contribution is 5.95. The van der Waals surface area contributed by atoms with Crippen molar-refractivity contribution in [3.8, 4) is 0 Å².